The molecular formula is C16H11ClN3O4-. The van der Waals surface area contributed by atoms with Gasteiger partial charge in [0.25, 0.3) is 5.69 Å². The predicted octanol–water partition coefficient (Wildman–Crippen LogP) is 2.72. The number of nitrogens with one attached hydrogen (secondary N) is 1. The number of halogens is 1. The molecule has 0 saturated heterocycles. The van der Waals surface area contributed by atoms with E-state index in [0.717, 1.165) is 0 Å². The molecule has 0 fully saturated rings. The molecule has 0 heterocycles. The van der Waals surface area contributed by atoms with E-state index in [1.807, 2.05) is 0 Å². The quantitative estimate of drug-likeness (QED) is 0.492. The molecule has 0 aromatic heterocycles. The number of hydrogen-bond acceptors (Lipinski definition) is 6. The molecule has 2 aromatic carbocycles. The van der Waals surface area contributed by atoms with E-state index in [9.17, 15) is 20.0 Å². The Kier molecular flexibility index (Phi) is 5.64. The van der Waals surface area contributed by atoms with Crippen molar-refractivity contribution in [3.05, 3.63) is 74.8 Å². The van der Waals surface area contributed by atoms with Crippen LogP contribution in [0.25, 0.3) is 6.08 Å². The van der Waals surface area contributed by atoms with Crippen molar-refractivity contribution in [1.29, 1.82) is 0 Å². The van der Waals surface area contributed by atoms with Crippen molar-refractivity contribution < 1.29 is 14.8 Å². The summed E-state index contributed by atoms with van der Waals surface area (Å²) in [6, 6.07) is 10.6. The van der Waals surface area contributed by atoms with Crippen LogP contribution in [-0.4, -0.2) is 17.1 Å². The molecule has 0 spiro atoms. The fraction of sp³-hybridized carbons (Fsp3) is 0. The molecule has 0 bridgehead atoms. The Morgan fingerprint density at radius 2 is 2.00 bits per heavy atom. The summed E-state index contributed by atoms with van der Waals surface area (Å²) in [6.07, 6.45) is 4.44. The van der Waals surface area contributed by atoms with Crippen LogP contribution < -0.4 is 10.5 Å². The van der Waals surface area contributed by atoms with Gasteiger partial charge in [0.15, 0.2) is 0 Å². The highest BCUT2D eigenvalue weighted by Gasteiger charge is 2.08. The number of benzene rings is 2. The maximum absolute atomic E-state index is 10.9. The van der Waals surface area contributed by atoms with Gasteiger partial charge in [-0.25, -0.2) is 0 Å². The van der Waals surface area contributed by atoms with Crippen molar-refractivity contribution in [3.8, 4) is 0 Å². The third-order valence-corrected chi connectivity index (χ3v) is 3.28. The Bertz CT molecular complexity index is 834. The summed E-state index contributed by atoms with van der Waals surface area (Å²) in [5.74, 6) is -1.39. The van der Waals surface area contributed by atoms with Gasteiger partial charge in [-0.3, -0.25) is 15.5 Å². The molecule has 0 saturated carbocycles. The molecule has 0 amide bonds. The van der Waals surface area contributed by atoms with Crippen LogP contribution in [0.1, 0.15) is 15.9 Å². The molecule has 0 aliphatic rings. The van der Waals surface area contributed by atoms with Crippen molar-refractivity contribution in [3.63, 3.8) is 0 Å². The summed E-state index contributed by atoms with van der Waals surface area (Å²) in [7, 11) is 0. The van der Waals surface area contributed by atoms with Gasteiger partial charge in [-0.1, -0.05) is 23.7 Å². The van der Waals surface area contributed by atoms with Gasteiger partial charge in [-0.2, -0.15) is 5.10 Å². The van der Waals surface area contributed by atoms with E-state index in [0.29, 0.717) is 11.3 Å². The van der Waals surface area contributed by atoms with Crippen molar-refractivity contribution in [2.75, 3.05) is 5.43 Å². The molecule has 0 radical (unpaired) electrons. The second-order valence-electron chi connectivity index (χ2n) is 4.55. The minimum Gasteiger partial charge on any atom is -0.545 e. The molecular weight excluding hydrogens is 334 g/mol. The van der Waals surface area contributed by atoms with Gasteiger partial charge in [-0.05, 0) is 36.4 Å². The number of rotatable bonds is 6. The highest BCUT2D eigenvalue weighted by atomic mass is 35.5. The Labute approximate surface area is 142 Å². The summed E-state index contributed by atoms with van der Waals surface area (Å²) in [5.41, 5.74) is 3.33. The van der Waals surface area contributed by atoms with Gasteiger partial charge in [0.1, 0.15) is 0 Å². The number of nitrogens with zero attached hydrogens (tertiary/aromatic N) is 2. The third-order valence-electron chi connectivity index (χ3n) is 2.95. The number of anilines is 1. The van der Waals surface area contributed by atoms with E-state index in [1.54, 1.807) is 24.3 Å². The molecule has 2 rings (SSSR count). The molecule has 24 heavy (non-hydrogen) atoms. The van der Waals surface area contributed by atoms with Gasteiger partial charge < -0.3 is 9.90 Å². The van der Waals surface area contributed by atoms with Gasteiger partial charge in [0.05, 0.1) is 22.1 Å². The van der Waals surface area contributed by atoms with E-state index in [-0.39, 0.29) is 16.3 Å². The molecule has 122 valence electrons. The lowest BCUT2D eigenvalue weighted by Gasteiger charge is -2.07. The van der Waals surface area contributed by atoms with E-state index in [4.69, 9.17) is 11.6 Å². The van der Waals surface area contributed by atoms with Crippen LogP contribution in [0.3, 0.4) is 0 Å². The summed E-state index contributed by atoms with van der Waals surface area (Å²) >= 11 is 5.73. The Balaban J connectivity index is 2.04. The first kappa shape index (κ1) is 17.2. The topological polar surface area (TPSA) is 108 Å². The molecule has 0 unspecified atom stereocenters. The van der Waals surface area contributed by atoms with Crippen LogP contribution in [0.5, 0.6) is 0 Å². The average molecular weight is 345 g/mol. The summed E-state index contributed by atoms with van der Waals surface area (Å²) in [5, 5.41) is 25.7. The van der Waals surface area contributed by atoms with Crippen molar-refractivity contribution in [1.82, 2.24) is 0 Å². The fourth-order valence-corrected chi connectivity index (χ4v) is 2.04. The van der Waals surface area contributed by atoms with E-state index in [2.05, 4.69) is 10.5 Å². The lowest BCUT2D eigenvalue weighted by atomic mass is 10.1. The Morgan fingerprint density at radius 1 is 1.25 bits per heavy atom. The van der Waals surface area contributed by atoms with Crippen molar-refractivity contribution in [2.24, 2.45) is 5.10 Å². The van der Waals surface area contributed by atoms with Gasteiger partial charge in [0.2, 0.25) is 0 Å². The third kappa shape index (κ3) is 4.40. The molecule has 1 N–H and O–H groups in total. The van der Waals surface area contributed by atoms with E-state index >= 15 is 0 Å². The highest BCUT2D eigenvalue weighted by Crippen LogP contribution is 2.20. The number of aromatic carboxylic acids is 1. The zero-order chi connectivity index (χ0) is 17.5. The predicted molar refractivity (Wildman–Crippen MR) is 90.0 cm³/mol. The fourth-order valence-electron chi connectivity index (χ4n) is 1.85. The number of carbonyl (C=O) groups excluding carboxylic acids is 1. The first-order chi connectivity index (χ1) is 11.5. The number of nitro groups is 1. The number of nitro benzene ring substituents is 1. The van der Waals surface area contributed by atoms with Crippen molar-refractivity contribution in [2.45, 2.75) is 0 Å². The average Bonchev–Trinajstić information content (AvgIpc) is 2.56. The van der Waals surface area contributed by atoms with Gasteiger partial charge in [-0.15, -0.1) is 0 Å². The molecule has 7 nitrogen and oxygen atoms in total. The summed E-state index contributed by atoms with van der Waals surface area (Å²) in [6.45, 7) is 0. The summed E-state index contributed by atoms with van der Waals surface area (Å²) in [4.78, 5) is 21.3. The number of para-hydroxylation sites is 1. The summed E-state index contributed by atoms with van der Waals surface area (Å²) < 4.78 is 0. The number of hydrogen-bond donors (Lipinski definition) is 1. The minimum atomic E-state index is -1.39. The largest absolute Gasteiger partial charge is 0.545 e. The molecule has 0 atom stereocenters. The highest BCUT2D eigenvalue weighted by molar-refractivity contribution is 6.33. The second-order valence-corrected chi connectivity index (χ2v) is 4.95. The van der Waals surface area contributed by atoms with E-state index < -0.39 is 10.9 Å². The smallest absolute Gasteiger partial charge is 0.276 e. The zero-order valence-electron chi connectivity index (χ0n) is 12.2. The zero-order valence-corrected chi connectivity index (χ0v) is 12.9. The number of carboxylic acids is 1. The van der Waals surface area contributed by atoms with Crippen molar-refractivity contribution >= 4 is 41.2 Å². The number of hydrazone groups is 1. The minimum absolute atomic E-state index is 0.00795. The van der Waals surface area contributed by atoms with Crippen LogP contribution >= 0.6 is 11.6 Å². The van der Waals surface area contributed by atoms with Crippen LogP contribution in [0.15, 0.2) is 53.6 Å². The molecule has 0 aliphatic carbocycles. The molecule has 2 aromatic rings. The SMILES string of the molecule is O=C([O-])c1cc(N/N=C\C=C\c2ccccc2[N+](=O)[O-])ccc1Cl. The van der Waals surface area contributed by atoms with Gasteiger partial charge in [0, 0.05) is 22.9 Å². The van der Waals surface area contributed by atoms with Crippen LogP contribution in [0, 0.1) is 10.1 Å². The second kappa shape index (κ2) is 7.89. The van der Waals surface area contributed by atoms with Crippen LogP contribution in [0.2, 0.25) is 5.02 Å². The first-order valence-electron chi connectivity index (χ1n) is 6.69. The maximum atomic E-state index is 10.9. The van der Waals surface area contributed by atoms with Crippen LogP contribution in [0.4, 0.5) is 11.4 Å². The monoisotopic (exact) mass is 344 g/mol. The standard InChI is InChI=1S/C16H12ClN3O4/c17-14-8-7-12(10-13(14)16(21)22)19-18-9-3-5-11-4-1-2-6-15(11)20(23)24/h1-10,19H,(H,21,22)/p-1/b5-3+,18-9-. The number of carboxylic acid groups (broad SMARTS) is 1. The lowest BCUT2D eigenvalue weighted by molar-refractivity contribution is -0.385. The van der Waals surface area contributed by atoms with E-state index in [1.165, 1.54) is 36.6 Å². The molecule has 8 heteroatoms. The number of carbonyl (C=O) groups is 1. The lowest BCUT2D eigenvalue weighted by Crippen LogP contribution is -2.22. The van der Waals surface area contributed by atoms with Crippen LogP contribution in [-0.2, 0) is 0 Å². The Morgan fingerprint density at radius 3 is 2.71 bits per heavy atom. The number of allylic oxidation sites excluding steroid dienone is 1. The first-order valence-corrected chi connectivity index (χ1v) is 7.07. The van der Waals surface area contributed by atoms with Gasteiger partial charge >= 0.3 is 0 Å². The maximum Gasteiger partial charge on any atom is 0.276 e. The Hall–Kier alpha value is -3.19. The molecule has 0 aliphatic heterocycles. The normalized spacial score (nSPS) is 11.0.